The van der Waals surface area contributed by atoms with Gasteiger partial charge in [-0.25, -0.2) is 0 Å². The normalized spacial score (nSPS) is 10.7. The van der Waals surface area contributed by atoms with E-state index >= 15 is 0 Å². The number of halogens is 1. The van der Waals surface area contributed by atoms with Crippen LogP contribution in [0.3, 0.4) is 0 Å². The summed E-state index contributed by atoms with van der Waals surface area (Å²) >= 11 is 5.95. The summed E-state index contributed by atoms with van der Waals surface area (Å²) in [6.45, 7) is 1.89. The highest BCUT2D eigenvalue weighted by molar-refractivity contribution is 6.31. The highest BCUT2D eigenvalue weighted by Gasteiger charge is 2.09. The van der Waals surface area contributed by atoms with Gasteiger partial charge < -0.3 is 5.32 Å². The number of carbonyl (C=O) groups excluding carboxylic acids is 1. The fraction of sp³-hybridized carbons (Fsp3) is 0.118. The molecule has 1 aromatic heterocycles. The number of hydrogen-bond donors (Lipinski definition) is 1. The highest BCUT2D eigenvalue weighted by atomic mass is 35.5. The van der Waals surface area contributed by atoms with Crippen molar-refractivity contribution in [1.29, 1.82) is 0 Å². The predicted octanol–water partition coefficient (Wildman–Crippen LogP) is 3.00. The van der Waals surface area contributed by atoms with Gasteiger partial charge in [-0.3, -0.25) is 14.3 Å². The van der Waals surface area contributed by atoms with Crippen LogP contribution in [0, 0.1) is 6.92 Å². The molecule has 2 aromatic carbocycles. The summed E-state index contributed by atoms with van der Waals surface area (Å²) in [5.41, 5.74) is 2.04. The van der Waals surface area contributed by atoms with Crippen LogP contribution in [0.25, 0.3) is 10.9 Å². The summed E-state index contributed by atoms with van der Waals surface area (Å²) < 4.78 is 1.51. The molecule has 0 saturated carbocycles. The first-order valence-electron chi connectivity index (χ1n) is 7.05. The quantitative estimate of drug-likeness (QED) is 0.804. The van der Waals surface area contributed by atoms with Crippen molar-refractivity contribution in [2.75, 3.05) is 5.32 Å². The van der Waals surface area contributed by atoms with Crippen molar-refractivity contribution >= 4 is 34.1 Å². The minimum Gasteiger partial charge on any atom is -0.324 e. The van der Waals surface area contributed by atoms with E-state index in [0.717, 1.165) is 5.56 Å². The van der Waals surface area contributed by atoms with E-state index < -0.39 is 0 Å². The second kappa shape index (κ2) is 6.22. The van der Waals surface area contributed by atoms with Gasteiger partial charge in [0.2, 0.25) is 11.3 Å². The first-order valence-corrected chi connectivity index (χ1v) is 7.43. The number of nitrogens with zero attached hydrogens (tertiary/aromatic N) is 2. The SMILES string of the molecule is Cc1ccc(Cl)cc1NC(=O)Cn1ncc(=O)c2ccccc21. The van der Waals surface area contributed by atoms with Gasteiger partial charge in [0.25, 0.3) is 0 Å². The number of para-hydroxylation sites is 1. The van der Waals surface area contributed by atoms with Gasteiger partial charge in [0, 0.05) is 16.1 Å². The van der Waals surface area contributed by atoms with Crippen molar-refractivity contribution in [1.82, 2.24) is 9.78 Å². The summed E-state index contributed by atoms with van der Waals surface area (Å²) in [7, 11) is 0. The number of nitrogens with one attached hydrogen (secondary N) is 1. The van der Waals surface area contributed by atoms with E-state index in [9.17, 15) is 9.59 Å². The predicted molar refractivity (Wildman–Crippen MR) is 90.8 cm³/mol. The minimum atomic E-state index is -0.239. The molecule has 0 fully saturated rings. The monoisotopic (exact) mass is 327 g/mol. The fourth-order valence-corrected chi connectivity index (χ4v) is 2.51. The number of rotatable bonds is 3. The maximum absolute atomic E-state index is 12.3. The van der Waals surface area contributed by atoms with Gasteiger partial charge in [-0.2, -0.15) is 5.10 Å². The average Bonchev–Trinajstić information content (AvgIpc) is 2.54. The standard InChI is InChI=1S/C17H14ClN3O2/c1-11-6-7-12(18)8-14(11)20-17(23)10-21-15-5-3-2-4-13(15)16(22)9-19-21/h2-9H,10H2,1H3,(H,20,23). The Morgan fingerprint density at radius 3 is 2.87 bits per heavy atom. The zero-order valence-corrected chi connectivity index (χ0v) is 13.2. The van der Waals surface area contributed by atoms with E-state index in [2.05, 4.69) is 10.4 Å². The van der Waals surface area contributed by atoms with Crippen LogP contribution in [-0.2, 0) is 11.3 Å². The van der Waals surface area contributed by atoms with Crippen LogP contribution >= 0.6 is 11.6 Å². The molecule has 0 aliphatic heterocycles. The zero-order chi connectivity index (χ0) is 16.4. The Balaban J connectivity index is 1.88. The fourth-order valence-electron chi connectivity index (χ4n) is 2.34. The lowest BCUT2D eigenvalue weighted by molar-refractivity contribution is -0.116. The van der Waals surface area contributed by atoms with Crippen molar-refractivity contribution in [2.24, 2.45) is 0 Å². The van der Waals surface area contributed by atoms with Gasteiger partial charge in [-0.1, -0.05) is 29.8 Å². The Morgan fingerprint density at radius 2 is 2.04 bits per heavy atom. The van der Waals surface area contributed by atoms with Crippen LogP contribution in [0.1, 0.15) is 5.56 Å². The molecular weight excluding hydrogens is 314 g/mol. The van der Waals surface area contributed by atoms with E-state index in [1.165, 1.54) is 10.9 Å². The van der Waals surface area contributed by atoms with Crippen molar-refractivity contribution in [3.8, 4) is 0 Å². The van der Waals surface area contributed by atoms with Crippen LogP contribution in [0.15, 0.2) is 53.5 Å². The molecular formula is C17H14ClN3O2. The van der Waals surface area contributed by atoms with E-state index in [1.54, 1.807) is 36.4 Å². The molecule has 0 saturated heterocycles. The number of hydrogen-bond acceptors (Lipinski definition) is 3. The van der Waals surface area contributed by atoms with Gasteiger partial charge >= 0.3 is 0 Å². The molecule has 3 aromatic rings. The summed E-state index contributed by atoms with van der Waals surface area (Å²) in [6.07, 6.45) is 1.22. The van der Waals surface area contributed by atoms with Gasteiger partial charge in [0.15, 0.2) is 0 Å². The average molecular weight is 328 g/mol. The number of benzene rings is 2. The van der Waals surface area contributed by atoms with E-state index in [4.69, 9.17) is 11.6 Å². The molecule has 6 heteroatoms. The molecule has 5 nitrogen and oxygen atoms in total. The smallest absolute Gasteiger partial charge is 0.246 e. The minimum absolute atomic E-state index is 0.00669. The molecule has 3 rings (SSSR count). The first kappa shape index (κ1) is 15.2. The molecule has 0 aliphatic rings. The maximum atomic E-state index is 12.3. The Bertz CT molecular complexity index is 950. The second-order valence-corrected chi connectivity index (χ2v) is 5.63. The topological polar surface area (TPSA) is 64.0 Å². The molecule has 1 amide bonds. The van der Waals surface area contributed by atoms with Crippen molar-refractivity contribution in [3.63, 3.8) is 0 Å². The Kier molecular flexibility index (Phi) is 4.12. The number of anilines is 1. The van der Waals surface area contributed by atoms with Gasteiger partial charge in [-0.15, -0.1) is 0 Å². The van der Waals surface area contributed by atoms with Crippen LogP contribution in [0.5, 0.6) is 0 Å². The number of amides is 1. The number of aryl methyl sites for hydroxylation is 1. The summed E-state index contributed by atoms with van der Waals surface area (Å²) in [5, 5.41) is 7.95. The third-order valence-corrected chi connectivity index (χ3v) is 3.76. The largest absolute Gasteiger partial charge is 0.324 e. The van der Waals surface area contributed by atoms with E-state index in [1.807, 2.05) is 13.0 Å². The lowest BCUT2D eigenvalue weighted by Gasteiger charge is -2.11. The molecule has 0 bridgehead atoms. The third kappa shape index (κ3) is 3.24. The molecule has 1 heterocycles. The van der Waals surface area contributed by atoms with E-state index in [-0.39, 0.29) is 17.9 Å². The van der Waals surface area contributed by atoms with Crippen LogP contribution in [-0.4, -0.2) is 15.7 Å². The second-order valence-electron chi connectivity index (χ2n) is 5.19. The van der Waals surface area contributed by atoms with Gasteiger partial charge in [0.05, 0.1) is 11.7 Å². The van der Waals surface area contributed by atoms with Crippen molar-refractivity contribution in [2.45, 2.75) is 13.5 Å². The highest BCUT2D eigenvalue weighted by Crippen LogP contribution is 2.20. The Labute approximate surface area is 137 Å². The van der Waals surface area contributed by atoms with Crippen LogP contribution in [0.4, 0.5) is 5.69 Å². The summed E-state index contributed by atoms with van der Waals surface area (Å²) in [4.78, 5) is 24.1. The van der Waals surface area contributed by atoms with Crippen molar-refractivity contribution in [3.05, 3.63) is 69.5 Å². The van der Waals surface area contributed by atoms with Crippen LogP contribution in [0.2, 0.25) is 5.02 Å². The maximum Gasteiger partial charge on any atom is 0.246 e. The Morgan fingerprint density at radius 1 is 1.26 bits per heavy atom. The zero-order valence-electron chi connectivity index (χ0n) is 12.4. The molecule has 0 aliphatic carbocycles. The number of fused-ring (bicyclic) bond motifs is 1. The molecule has 0 atom stereocenters. The molecule has 116 valence electrons. The lowest BCUT2D eigenvalue weighted by Crippen LogP contribution is -2.22. The number of carbonyl (C=O) groups is 1. The first-order chi connectivity index (χ1) is 11.0. The number of aromatic nitrogens is 2. The Hall–Kier alpha value is -2.66. The van der Waals surface area contributed by atoms with E-state index in [0.29, 0.717) is 21.6 Å². The molecule has 1 N–H and O–H groups in total. The summed E-state index contributed by atoms with van der Waals surface area (Å²) in [6, 6.07) is 12.4. The van der Waals surface area contributed by atoms with Crippen molar-refractivity contribution < 1.29 is 4.79 Å². The van der Waals surface area contributed by atoms with Crippen LogP contribution < -0.4 is 10.7 Å². The molecule has 0 radical (unpaired) electrons. The molecule has 23 heavy (non-hydrogen) atoms. The molecule has 0 spiro atoms. The third-order valence-electron chi connectivity index (χ3n) is 3.53. The molecule has 0 unspecified atom stereocenters. The summed E-state index contributed by atoms with van der Waals surface area (Å²) in [5.74, 6) is -0.239. The van der Waals surface area contributed by atoms with Gasteiger partial charge in [0.1, 0.15) is 6.54 Å². The lowest BCUT2D eigenvalue weighted by atomic mass is 10.2. The van der Waals surface area contributed by atoms with Gasteiger partial charge in [-0.05, 0) is 36.8 Å².